The number of fused-ring (bicyclic) bond motifs is 1. The monoisotopic (exact) mass is 345 g/mol. The Kier molecular flexibility index (Phi) is 4.22. The molecule has 1 N–H and O–H groups in total. The Morgan fingerprint density at radius 2 is 2.08 bits per heavy atom. The van der Waals surface area contributed by atoms with E-state index < -0.39 is 0 Å². The summed E-state index contributed by atoms with van der Waals surface area (Å²) < 4.78 is 19.9. The first-order valence-electron chi connectivity index (χ1n) is 8.37. The van der Waals surface area contributed by atoms with Gasteiger partial charge in [0.25, 0.3) is 5.91 Å². The summed E-state index contributed by atoms with van der Waals surface area (Å²) in [5, 5.41) is 4.29. The van der Waals surface area contributed by atoms with Crippen molar-refractivity contribution in [2.45, 2.75) is 30.9 Å². The molecule has 5 heteroatoms. The van der Waals surface area contributed by atoms with Crippen molar-refractivity contribution >= 4 is 28.4 Å². The third-order valence-corrected chi connectivity index (χ3v) is 6.23. The van der Waals surface area contributed by atoms with E-state index in [-0.39, 0.29) is 23.4 Å². The average Bonchev–Trinajstić information content (AvgIpc) is 3.03. The van der Waals surface area contributed by atoms with Gasteiger partial charge in [0.2, 0.25) is 0 Å². The SMILES string of the molecule is O=C(N[C@H]1CCO[C@@]2(CCSC2)C1)c1ccc(F)c2ccccc12. The highest BCUT2D eigenvalue weighted by atomic mass is 32.2. The van der Waals surface area contributed by atoms with Crippen LogP contribution in [0.15, 0.2) is 36.4 Å². The largest absolute Gasteiger partial charge is 0.374 e. The molecule has 0 bridgehead atoms. The van der Waals surface area contributed by atoms with Gasteiger partial charge in [-0.25, -0.2) is 4.39 Å². The van der Waals surface area contributed by atoms with Gasteiger partial charge in [-0.15, -0.1) is 0 Å². The third-order valence-electron chi connectivity index (χ3n) is 5.01. The Morgan fingerprint density at radius 1 is 1.25 bits per heavy atom. The predicted octanol–water partition coefficient (Wildman–Crippen LogP) is 3.76. The van der Waals surface area contributed by atoms with Gasteiger partial charge in [0.1, 0.15) is 5.82 Å². The Balaban J connectivity index is 1.55. The van der Waals surface area contributed by atoms with Crippen LogP contribution in [0.2, 0.25) is 0 Å². The summed E-state index contributed by atoms with van der Waals surface area (Å²) in [6.45, 7) is 0.690. The fraction of sp³-hybridized carbons (Fsp3) is 0.421. The van der Waals surface area contributed by atoms with E-state index in [0.717, 1.165) is 30.8 Å². The molecule has 2 aromatic carbocycles. The number of thioether (sulfide) groups is 1. The number of halogens is 1. The van der Waals surface area contributed by atoms with Crippen LogP contribution in [0.1, 0.15) is 29.6 Å². The molecule has 24 heavy (non-hydrogen) atoms. The van der Waals surface area contributed by atoms with Gasteiger partial charge in [-0.2, -0.15) is 11.8 Å². The molecule has 4 rings (SSSR count). The average molecular weight is 345 g/mol. The summed E-state index contributed by atoms with van der Waals surface area (Å²) in [4.78, 5) is 12.8. The second-order valence-electron chi connectivity index (χ2n) is 6.64. The van der Waals surface area contributed by atoms with Crippen LogP contribution in [0.3, 0.4) is 0 Å². The fourth-order valence-electron chi connectivity index (χ4n) is 3.74. The molecule has 2 fully saturated rings. The van der Waals surface area contributed by atoms with Crippen LogP contribution in [0.25, 0.3) is 10.8 Å². The van der Waals surface area contributed by atoms with Crippen molar-refractivity contribution < 1.29 is 13.9 Å². The zero-order valence-electron chi connectivity index (χ0n) is 13.4. The number of nitrogens with one attached hydrogen (secondary N) is 1. The Bertz CT molecular complexity index is 773. The summed E-state index contributed by atoms with van der Waals surface area (Å²) >= 11 is 1.92. The quantitative estimate of drug-likeness (QED) is 0.901. The third kappa shape index (κ3) is 2.91. The van der Waals surface area contributed by atoms with E-state index in [1.54, 1.807) is 24.3 Å². The molecule has 0 radical (unpaired) electrons. The maximum absolute atomic E-state index is 13.9. The van der Waals surface area contributed by atoms with E-state index >= 15 is 0 Å². The standard InChI is InChI=1S/C19H20FNO2S/c20-17-6-5-16(14-3-1-2-4-15(14)17)18(22)21-13-7-9-23-19(11-13)8-10-24-12-19/h1-6,13H,7-12H2,(H,21,22)/t13-,19-/m0/s1. The number of carbonyl (C=O) groups is 1. The van der Waals surface area contributed by atoms with Gasteiger partial charge >= 0.3 is 0 Å². The van der Waals surface area contributed by atoms with Gasteiger partial charge in [-0.05, 0) is 42.5 Å². The Morgan fingerprint density at radius 3 is 2.88 bits per heavy atom. The van der Waals surface area contributed by atoms with Gasteiger partial charge < -0.3 is 10.1 Å². The lowest BCUT2D eigenvalue weighted by atomic mass is 9.89. The molecule has 2 atom stereocenters. The topological polar surface area (TPSA) is 38.3 Å². The normalized spacial score (nSPS) is 26.8. The first-order valence-corrected chi connectivity index (χ1v) is 9.52. The second-order valence-corrected chi connectivity index (χ2v) is 7.74. The maximum Gasteiger partial charge on any atom is 0.252 e. The highest BCUT2D eigenvalue weighted by molar-refractivity contribution is 7.99. The van der Waals surface area contributed by atoms with Crippen molar-refractivity contribution in [2.24, 2.45) is 0 Å². The zero-order chi connectivity index (χ0) is 16.6. The zero-order valence-corrected chi connectivity index (χ0v) is 14.2. The summed E-state index contributed by atoms with van der Waals surface area (Å²) in [5.74, 6) is 1.72. The van der Waals surface area contributed by atoms with Crippen LogP contribution in [-0.2, 0) is 4.74 Å². The van der Waals surface area contributed by atoms with Crippen LogP contribution < -0.4 is 5.32 Å². The second kappa shape index (κ2) is 6.37. The summed E-state index contributed by atoms with van der Waals surface area (Å²) in [6.07, 6.45) is 2.76. The minimum Gasteiger partial charge on any atom is -0.374 e. The summed E-state index contributed by atoms with van der Waals surface area (Å²) in [7, 11) is 0. The molecule has 2 aromatic rings. The molecular weight excluding hydrogens is 325 g/mol. The summed E-state index contributed by atoms with van der Waals surface area (Å²) in [6, 6.07) is 10.2. The lowest BCUT2D eigenvalue weighted by Crippen LogP contribution is -2.48. The van der Waals surface area contributed by atoms with Crippen molar-refractivity contribution in [3.63, 3.8) is 0 Å². The highest BCUT2D eigenvalue weighted by Gasteiger charge is 2.40. The van der Waals surface area contributed by atoms with Crippen molar-refractivity contribution in [3.05, 3.63) is 47.8 Å². The van der Waals surface area contributed by atoms with E-state index in [2.05, 4.69) is 5.32 Å². The van der Waals surface area contributed by atoms with Gasteiger partial charge in [-0.1, -0.05) is 24.3 Å². The van der Waals surface area contributed by atoms with Crippen molar-refractivity contribution in [2.75, 3.05) is 18.1 Å². The Hall–Kier alpha value is -1.59. The number of hydrogen-bond donors (Lipinski definition) is 1. The minimum absolute atomic E-state index is 0.0638. The smallest absolute Gasteiger partial charge is 0.252 e. The first-order chi connectivity index (χ1) is 11.7. The van der Waals surface area contributed by atoms with E-state index in [4.69, 9.17) is 4.74 Å². The van der Waals surface area contributed by atoms with E-state index in [1.165, 1.54) is 6.07 Å². The van der Waals surface area contributed by atoms with Gasteiger partial charge in [0, 0.05) is 29.4 Å². The number of amides is 1. The van der Waals surface area contributed by atoms with Crippen molar-refractivity contribution in [3.8, 4) is 0 Å². The molecular formula is C19H20FNO2S. The van der Waals surface area contributed by atoms with Crippen molar-refractivity contribution in [1.82, 2.24) is 5.32 Å². The molecule has 0 saturated carbocycles. The number of ether oxygens (including phenoxy) is 1. The van der Waals surface area contributed by atoms with Gasteiger partial charge in [-0.3, -0.25) is 4.79 Å². The molecule has 1 amide bonds. The molecule has 2 aliphatic heterocycles. The lowest BCUT2D eigenvalue weighted by Gasteiger charge is -2.38. The molecule has 1 spiro atoms. The van der Waals surface area contributed by atoms with E-state index in [0.29, 0.717) is 22.9 Å². The van der Waals surface area contributed by atoms with E-state index in [9.17, 15) is 9.18 Å². The van der Waals surface area contributed by atoms with E-state index in [1.807, 2.05) is 17.8 Å². The first kappa shape index (κ1) is 15.9. The number of hydrogen-bond acceptors (Lipinski definition) is 3. The maximum atomic E-state index is 13.9. The van der Waals surface area contributed by atoms with Crippen LogP contribution in [0.4, 0.5) is 4.39 Å². The predicted molar refractivity (Wildman–Crippen MR) is 95.0 cm³/mol. The molecule has 3 nitrogen and oxygen atoms in total. The molecule has 126 valence electrons. The molecule has 0 unspecified atom stereocenters. The van der Waals surface area contributed by atoms with Crippen LogP contribution in [-0.4, -0.2) is 35.7 Å². The highest BCUT2D eigenvalue weighted by Crippen LogP contribution is 2.38. The number of rotatable bonds is 2. The number of benzene rings is 2. The molecule has 0 aliphatic carbocycles. The fourth-order valence-corrected chi connectivity index (χ4v) is 5.12. The van der Waals surface area contributed by atoms with Gasteiger partial charge in [0.15, 0.2) is 0 Å². The Labute approximate surface area is 144 Å². The molecule has 2 saturated heterocycles. The van der Waals surface area contributed by atoms with Crippen LogP contribution >= 0.6 is 11.8 Å². The minimum atomic E-state index is -0.296. The lowest BCUT2D eigenvalue weighted by molar-refractivity contribution is -0.0688. The molecule has 0 aromatic heterocycles. The van der Waals surface area contributed by atoms with Crippen LogP contribution in [0.5, 0.6) is 0 Å². The molecule has 2 heterocycles. The number of carbonyl (C=O) groups excluding carboxylic acids is 1. The molecule has 2 aliphatic rings. The van der Waals surface area contributed by atoms with Crippen molar-refractivity contribution in [1.29, 1.82) is 0 Å². The van der Waals surface area contributed by atoms with Crippen LogP contribution in [0, 0.1) is 5.82 Å². The summed E-state index contributed by atoms with van der Waals surface area (Å²) in [5.41, 5.74) is 0.472. The van der Waals surface area contributed by atoms with Gasteiger partial charge in [0.05, 0.1) is 5.60 Å².